The first kappa shape index (κ1) is 16.4. The van der Waals surface area contributed by atoms with Crippen molar-refractivity contribution in [1.82, 2.24) is 4.98 Å². The Morgan fingerprint density at radius 2 is 2.00 bits per heavy atom. The number of hydrogen-bond acceptors (Lipinski definition) is 5. The second kappa shape index (κ2) is 7.38. The van der Waals surface area contributed by atoms with Gasteiger partial charge in [-0.15, -0.1) is 0 Å². The maximum atomic E-state index is 10.5. The van der Waals surface area contributed by atoms with Gasteiger partial charge >= 0.3 is 0 Å². The van der Waals surface area contributed by atoms with Gasteiger partial charge in [0.15, 0.2) is 6.29 Å². The lowest BCUT2D eigenvalue weighted by atomic mass is 10.0. The van der Waals surface area contributed by atoms with Gasteiger partial charge in [0.2, 0.25) is 0 Å². The Bertz CT molecular complexity index is 640. The van der Waals surface area contributed by atoms with Gasteiger partial charge in [-0.2, -0.15) is 0 Å². The molecule has 2 aromatic rings. The van der Waals surface area contributed by atoms with Crippen molar-refractivity contribution in [3.63, 3.8) is 0 Å². The van der Waals surface area contributed by atoms with Gasteiger partial charge in [-0.3, -0.25) is 0 Å². The molecule has 1 aliphatic heterocycles. The number of aliphatic hydroxyl groups is 2. The first-order chi connectivity index (χ1) is 11.1. The molecule has 3 unspecified atom stereocenters. The minimum atomic E-state index is -0.915. The summed E-state index contributed by atoms with van der Waals surface area (Å²) < 4.78 is 11.3. The van der Waals surface area contributed by atoms with Crippen molar-refractivity contribution in [1.29, 1.82) is 0 Å². The van der Waals surface area contributed by atoms with Crippen molar-refractivity contribution in [3.05, 3.63) is 64.9 Å². The molecule has 4 atom stereocenters. The zero-order valence-corrected chi connectivity index (χ0v) is 13.1. The molecule has 0 aliphatic carbocycles. The van der Waals surface area contributed by atoms with E-state index in [1.165, 1.54) is 0 Å². The van der Waals surface area contributed by atoms with E-state index >= 15 is 0 Å². The molecule has 0 amide bonds. The van der Waals surface area contributed by atoms with Crippen LogP contribution in [0.2, 0.25) is 5.15 Å². The number of pyridine rings is 1. The Kier molecular flexibility index (Phi) is 5.25. The van der Waals surface area contributed by atoms with Gasteiger partial charge in [-0.05, 0) is 11.6 Å². The molecule has 1 saturated heterocycles. The van der Waals surface area contributed by atoms with Crippen molar-refractivity contribution < 1.29 is 19.7 Å². The second-order valence-corrected chi connectivity index (χ2v) is 5.83. The fraction of sp³-hybridized carbons (Fsp3) is 0.353. The van der Waals surface area contributed by atoms with Crippen LogP contribution in [-0.4, -0.2) is 40.1 Å². The molecule has 1 aromatic carbocycles. The number of nitrogens with zero attached hydrogens (tertiary/aromatic N) is 1. The molecule has 3 rings (SSSR count). The van der Waals surface area contributed by atoms with Crippen LogP contribution in [0.3, 0.4) is 0 Å². The number of benzene rings is 1. The van der Waals surface area contributed by atoms with Gasteiger partial charge < -0.3 is 19.7 Å². The zero-order chi connectivity index (χ0) is 16.2. The van der Waals surface area contributed by atoms with Crippen molar-refractivity contribution in [2.75, 3.05) is 6.61 Å². The first-order valence-corrected chi connectivity index (χ1v) is 7.80. The number of hydrogen-bond donors (Lipinski definition) is 2. The summed E-state index contributed by atoms with van der Waals surface area (Å²) >= 11 is 6.02. The van der Waals surface area contributed by atoms with Gasteiger partial charge in [0.1, 0.15) is 17.4 Å². The summed E-state index contributed by atoms with van der Waals surface area (Å²) in [4.78, 5) is 3.99. The van der Waals surface area contributed by atoms with E-state index in [2.05, 4.69) is 4.98 Å². The molecule has 0 bridgehead atoms. The fourth-order valence-corrected chi connectivity index (χ4v) is 2.80. The van der Waals surface area contributed by atoms with Crippen molar-refractivity contribution in [3.8, 4) is 0 Å². The highest BCUT2D eigenvalue weighted by Crippen LogP contribution is 2.29. The Morgan fingerprint density at radius 3 is 2.74 bits per heavy atom. The first-order valence-electron chi connectivity index (χ1n) is 7.42. The van der Waals surface area contributed by atoms with E-state index in [1.54, 1.807) is 18.3 Å². The average molecular weight is 336 g/mol. The molecule has 1 fully saturated rings. The molecule has 5 nitrogen and oxygen atoms in total. The fourth-order valence-electron chi connectivity index (χ4n) is 2.60. The largest absolute Gasteiger partial charge is 0.390 e. The SMILES string of the molecule is OC1COC(c2ccccc2)OC1[C@H](O)Cc1cccnc1Cl. The van der Waals surface area contributed by atoms with Gasteiger partial charge in [0.25, 0.3) is 0 Å². The lowest BCUT2D eigenvalue weighted by molar-refractivity contribution is -0.275. The topological polar surface area (TPSA) is 71.8 Å². The second-order valence-electron chi connectivity index (χ2n) is 5.47. The molecular weight excluding hydrogens is 318 g/mol. The van der Waals surface area contributed by atoms with E-state index in [1.807, 2.05) is 30.3 Å². The third kappa shape index (κ3) is 3.88. The summed E-state index contributed by atoms with van der Waals surface area (Å²) in [5, 5.41) is 20.9. The zero-order valence-electron chi connectivity index (χ0n) is 12.4. The van der Waals surface area contributed by atoms with E-state index in [4.69, 9.17) is 21.1 Å². The molecule has 6 heteroatoms. The highest BCUT2D eigenvalue weighted by atomic mass is 35.5. The van der Waals surface area contributed by atoms with Crippen LogP contribution in [0.15, 0.2) is 48.7 Å². The van der Waals surface area contributed by atoms with Crippen LogP contribution in [0, 0.1) is 0 Å². The maximum absolute atomic E-state index is 10.5. The third-order valence-corrected chi connectivity index (χ3v) is 4.14. The van der Waals surface area contributed by atoms with Gasteiger partial charge in [0.05, 0.1) is 12.7 Å². The summed E-state index contributed by atoms with van der Waals surface area (Å²) in [6, 6.07) is 13.0. The smallest absolute Gasteiger partial charge is 0.184 e. The molecule has 1 aromatic heterocycles. The predicted molar refractivity (Wildman–Crippen MR) is 85.0 cm³/mol. The molecule has 2 heterocycles. The minimum absolute atomic E-state index is 0.0993. The minimum Gasteiger partial charge on any atom is -0.390 e. The van der Waals surface area contributed by atoms with Crippen LogP contribution in [0.4, 0.5) is 0 Å². The lowest BCUT2D eigenvalue weighted by Gasteiger charge is -2.36. The van der Waals surface area contributed by atoms with Crippen molar-refractivity contribution >= 4 is 11.6 Å². The van der Waals surface area contributed by atoms with E-state index in [9.17, 15) is 10.2 Å². The van der Waals surface area contributed by atoms with Crippen LogP contribution in [-0.2, 0) is 15.9 Å². The quantitative estimate of drug-likeness (QED) is 0.837. The number of ether oxygens (including phenoxy) is 2. The number of aliphatic hydroxyl groups excluding tert-OH is 2. The monoisotopic (exact) mass is 335 g/mol. The van der Waals surface area contributed by atoms with Gasteiger partial charge in [-0.1, -0.05) is 48.0 Å². The Labute approximate surface area is 139 Å². The lowest BCUT2D eigenvalue weighted by Crippen LogP contribution is -2.48. The number of rotatable bonds is 4. The average Bonchev–Trinajstić information content (AvgIpc) is 2.58. The van der Waals surface area contributed by atoms with Crippen molar-refractivity contribution in [2.24, 2.45) is 0 Å². The maximum Gasteiger partial charge on any atom is 0.184 e. The summed E-state index contributed by atoms with van der Waals surface area (Å²) in [6.07, 6.45) is -1.35. The van der Waals surface area contributed by atoms with Crippen LogP contribution >= 0.6 is 11.6 Å². The highest BCUT2D eigenvalue weighted by molar-refractivity contribution is 6.30. The van der Waals surface area contributed by atoms with E-state index in [0.29, 0.717) is 10.7 Å². The molecule has 2 N–H and O–H groups in total. The highest BCUT2D eigenvalue weighted by Gasteiger charge is 2.36. The molecule has 1 aliphatic rings. The van der Waals surface area contributed by atoms with Crippen LogP contribution in [0.1, 0.15) is 17.4 Å². The van der Waals surface area contributed by atoms with Crippen LogP contribution < -0.4 is 0 Å². The van der Waals surface area contributed by atoms with Gasteiger partial charge in [0, 0.05) is 18.2 Å². The normalized spacial score (nSPS) is 26.0. The molecule has 23 heavy (non-hydrogen) atoms. The van der Waals surface area contributed by atoms with Crippen LogP contribution in [0.25, 0.3) is 0 Å². The van der Waals surface area contributed by atoms with E-state index in [-0.39, 0.29) is 13.0 Å². The third-order valence-electron chi connectivity index (χ3n) is 3.79. The summed E-state index contributed by atoms with van der Waals surface area (Å²) in [7, 11) is 0. The Hall–Kier alpha value is -1.50. The van der Waals surface area contributed by atoms with Gasteiger partial charge in [-0.25, -0.2) is 4.98 Å². The molecule has 0 radical (unpaired) electrons. The van der Waals surface area contributed by atoms with E-state index in [0.717, 1.165) is 5.56 Å². The number of aromatic nitrogens is 1. The molecule has 0 saturated carbocycles. The standard InChI is InChI=1S/C17H18ClNO4/c18-16-12(7-4-8-19-16)9-13(20)15-14(21)10-22-17(23-15)11-5-2-1-3-6-11/h1-8,13-15,17,20-21H,9-10H2/t13-,14?,15?,17?/m1/s1. The van der Waals surface area contributed by atoms with E-state index < -0.39 is 24.6 Å². The summed E-state index contributed by atoms with van der Waals surface area (Å²) in [6.45, 7) is 0.0993. The Morgan fingerprint density at radius 1 is 1.22 bits per heavy atom. The molecule has 0 spiro atoms. The molecule has 122 valence electrons. The number of halogens is 1. The van der Waals surface area contributed by atoms with Crippen molar-refractivity contribution in [2.45, 2.75) is 31.0 Å². The summed E-state index contributed by atoms with van der Waals surface area (Å²) in [5.74, 6) is 0. The Balaban J connectivity index is 1.71. The predicted octanol–water partition coefficient (Wildman–Crippen LogP) is 2.11. The summed E-state index contributed by atoms with van der Waals surface area (Å²) in [5.41, 5.74) is 1.55. The molecular formula is C17H18ClNO4. The van der Waals surface area contributed by atoms with Crippen LogP contribution in [0.5, 0.6) is 0 Å².